The first-order valence-electron chi connectivity index (χ1n) is 7.64. The lowest BCUT2D eigenvalue weighted by molar-refractivity contribution is 0.0359. The second-order valence-electron chi connectivity index (χ2n) is 6.00. The summed E-state index contributed by atoms with van der Waals surface area (Å²) < 4.78 is 16.5. The van der Waals surface area contributed by atoms with Crippen LogP contribution in [0.2, 0.25) is 0 Å². The van der Waals surface area contributed by atoms with Gasteiger partial charge in [0.05, 0.1) is 10.9 Å². The number of ether oxygens (including phenoxy) is 3. The highest BCUT2D eigenvalue weighted by molar-refractivity contribution is 8.01. The molecule has 1 unspecified atom stereocenters. The number of fused-ring (bicyclic) bond motifs is 1. The van der Waals surface area contributed by atoms with E-state index in [4.69, 9.17) is 14.2 Å². The molecule has 4 rings (SSSR count). The summed E-state index contributed by atoms with van der Waals surface area (Å²) in [4.78, 5) is 14.5. The Labute approximate surface area is 133 Å². The van der Waals surface area contributed by atoms with Crippen LogP contribution >= 0.6 is 11.8 Å². The monoisotopic (exact) mass is 321 g/mol. The van der Waals surface area contributed by atoms with Crippen LogP contribution in [0, 0.1) is 0 Å². The van der Waals surface area contributed by atoms with Gasteiger partial charge in [0.1, 0.15) is 0 Å². The van der Waals surface area contributed by atoms with E-state index in [1.165, 1.54) is 0 Å². The molecule has 0 N–H and O–H groups in total. The van der Waals surface area contributed by atoms with E-state index in [2.05, 4.69) is 0 Å². The van der Waals surface area contributed by atoms with E-state index < -0.39 is 0 Å². The van der Waals surface area contributed by atoms with Crippen LogP contribution in [-0.4, -0.2) is 53.9 Å². The molecule has 22 heavy (non-hydrogen) atoms. The quantitative estimate of drug-likeness (QED) is 0.854. The van der Waals surface area contributed by atoms with Gasteiger partial charge in [0.2, 0.25) is 6.79 Å². The summed E-state index contributed by atoms with van der Waals surface area (Å²) in [6, 6.07) is 5.40. The van der Waals surface area contributed by atoms with Crippen molar-refractivity contribution >= 4 is 17.7 Å². The molecule has 0 bridgehead atoms. The van der Waals surface area contributed by atoms with E-state index in [1.807, 2.05) is 29.7 Å². The van der Waals surface area contributed by atoms with Crippen LogP contribution in [-0.2, 0) is 4.74 Å². The van der Waals surface area contributed by atoms with Gasteiger partial charge in [0.15, 0.2) is 11.5 Å². The third kappa shape index (κ3) is 2.34. The molecule has 0 saturated carbocycles. The van der Waals surface area contributed by atoms with E-state index in [1.54, 1.807) is 12.1 Å². The summed E-state index contributed by atoms with van der Waals surface area (Å²) in [6.07, 6.45) is 1.40. The zero-order valence-corrected chi connectivity index (χ0v) is 13.4. The standard InChI is InChI=1S/C16H19NO4S/c1-2-19-12-6-16(22-7-12)8-17(9-16)15(18)11-3-4-13-14(5-11)21-10-20-13/h3-5,12H,2,6-10H2,1H3. The van der Waals surface area contributed by atoms with Gasteiger partial charge in [0.25, 0.3) is 5.91 Å². The summed E-state index contributed by atoms with van der Waals surface area (Å²) in [6.45, 7) is 4.66. The van der Waals surface area contributed by atoms with Gasteiger partial charge in [-0.15, -0.1) is 11.8 Å². The Hall–Kier alpha value is -1.40. The average Bonchev–Trinajstić information content (AvgIpc) is 3.11. The normalized spacial score (nSPS) is 24.6. The van der Waals surface area contributed by atoms with E-state index >= 15 is 0 Å². The van der Waals surface area contributed by atoms with Gasteiger partial charge in [-0.2, -0.15) is 0 Å². The largest absolute Gasteiger partial charge is 0.454 e. The number of amides is 1. The summed E-state index contributed by atoms with van der Waals surface area (Å²) >= 11 is 1.95. The molecule has 1 amide bonds. The molecular weight excluding hydrogens is 302 g/mol. The molecule has 1 aromatic rings. The van der Waals surface area contributed by atoms with Crippen molar-refractivity contribution in [1.82, 2.24) is 4.90 Å². The summed E-state index contributed by atoms with van der Waals surface area (Å²) in [5.74, 6) is 2.49. The minimum atomic E-state index is 0.0735. The zero-order chi connectivity index (χ0) is 15.2. The highest BCUT2D eigenvalue weighted by atomic mass is 32.2. The van der Waals surface area contributed by atoms with E-state index in [0.29, 0.717) is 23.2 Å². The molecule has 2 fully saturated rings. The molecule has 3 heterocycles. The lowest BCUT2D eigenvalue weighted by Gasteiger charge is -2.47. The first kappa shape index (κ1) is 14.2. The fraction of sp³-hybridized carbons (Fsp3) is 0.562. The molecule has 6 heteroatoms. The maximum atomic E-state index is 12.6. The van der Waals surface area contributed by atoms with Crippen LogP contribution in [0.15, 0.2) is 18.2 Å². The highest BCUT2D eigenvalue weighted by Gasteiger charge is 2.50. The van der Waals surface area contributed by atoms with Crippen molar-refractivity contribution in [3.05, 3.63) is 23.8 Å². The molecule has 2 saturated heterocycles. The minimum absolute atomic E-state index is 0.0735. The number of rotatable bonds is 3. The predicted octanol–water partition coefficient (Wildman–Crippen LogP) is 2.15. The van der Waals surface area contributed by atoms with Crippen LogP contribution in [0.25, 0.3) is 0 Å². The Bertz CT molecular complexity index is 600. The van der Waals surface area contributed by atoms with Gasteiger partial charge >= 0.3 is 0 Å². The summed E-state index contributed by atoms with van der Waals surface area (Å²) in [5.41, 5.74) is 0.670. The van der Waals surface area contributed by atoms with E-state index in [9.17, 15) is 4.79 Å². The van der Waals surface area contributed by atoms with Crippen LogP contribution in [0.4, 0.5) is 0 Å². The van der Waals surface area contributed by atoms with Gasteiger partial charge < -0.3 is 19.1 Å². The highest BCUT2D eigenvalue weighted by Crippen LogP contribution is 2.46. The lowest BCUT2D eigenvalue weighted by Crippen LogP contribution is -2.60. The van der Waals surface area contributed by atoms with Crippen LogP contribution in [0.3, 0.4) is 0 Å². The Morgan fingerprint density at radius 3 is 3.05 bits per heavy atom. The van der Waals surface area contributed by atoms with Gasteiger partial charge in [0, 0.05) is 31.0 Å². The molecule has 0 aromatic heterocycles. The lowest BCUT2D eigenvalue weighted by atomic mass is 9.92. The van der Waals surface area contributed by atoms with E-state index in [-0.39, 0.29) is 17.4 Å². The number of likely N-dealkylation sites (tertiary alicyclic amines) is 1. The van der Waals surface area contributed by atoms with Crippen LogP contribution < -0.4 is 9.47 Å². The molecule has 0 aliphatic carbocycles. The summed E-state index contributed by atoms with van der Waals surface area (Å²) in [7, 11) is 0. The van der Waals surface area contributed by atoms with Crippen molar-refractivity contribution < 1.29 is 19.0 Å². The number of benzene rings is 1. The molecule has 3 aliphatic heterocycles. The third-order valence-electron chi connectivity index (χ3n) is 4.44. The Kier molecular flexibility index (Phi) is 3.46. The number of carbonyl (C=O) groups excluding carboxylic acids is 1. The molecule has 1 spiro atoms. The Balaban J connectivity index is 1.40. The second-order valence-corrected chi connectivity index (χ2v) is 7.49. The Morgan fingerprint density at radius 2 is 2.23 bits per heavy atom. The predicted molar refractivity (Wildman–Crippen MR) is 83.7 cm³/mol. The van der Waals surface area contributed by atoms with Crippen molar-refractivity contribution in [2.24, 2.45) is 0 Å². The third-order valence-corrected chi connectivity index (χ3v) is 6.02. The van der Waals surface area contributed by atoms with Gasteiger partial charge in [-0.1, -0.05) is 0 Å². The molecule has 118 valence electrons. The van der Waals surface area contributed by atoms with Crippen LogP contribution in [0.5, 0.6) is 11.5 Å². The van der Waals surface area contributed by atoms with Gasteiger partial charge in [-0.05, 0) is 31.5 Å². The molecular formula is C16H19NO4S. The zero-order valence-electron chi connectivity index (χ0n) is 12.5. The Morgan fingerprint density at radius 1 is 1.41 bits per heavy atom. The maximum absolute atomic E-state index is 12.6. The number of hydrogen-bond donors (Lipinski definition) is 0. The molecule has 1 aromatic carbocycles. The maximum Gasteiger partial charge on any atom is 0.254 e. The van der Waals surface area contributed by atoms with E-state index in [0.717, 1.165) is 31.9 Å². The minimum Gasteiger partial charge on any atom is -0.454 e. The smallest absolute Gasteiger partial charge is 0.254 e. The molecule has 1 atom stereocenters. The van der Waals surface area contributed by atoms with Crippen molar-refractivity contribution in [3.63, 3.8) is 0 Å². The topological polar surface area (TPSA) is 48.0 Å². The number of thioether (sulfide) groups is 1. The fourth-order valence-corrected chi connectivity index (χ4v) is 4.92. The number of hydrogen-bond acceptors (Lipinski definition) is 5. The number of nitrogens with zero attached hydrogens (tertiary/aromatic N) is 1. The second kappa shape index (κ2) is 5.35. The van der Waals surface area contributed by atoms with Crippen molar-refractivity contribution in [3.8, 4) is 11.5 Å². The SMILES string of the molecule is CCOC1CSC2(C1)CN(C(=O)c1ccc3c(c1)OCO3)C2. The van der Waals surface area contributed by atoms with Gasteiger partial charge in [-0.3, -0.25) is 4.79 Å². The average molecular weight is 321 g/mol. The number of carbonyl (C=O) groups is 1. The fourth-order valence-electron chi connectivity index (χ4n) is 3.37. The first-order valence-corrected chi connectivity index (χ1v) is 8.62. The first-order chi connectivity index (χ1) is 10.7. The molecule has 0 radical (unpaired) electrons. The van der Waals surface area contributed by atoms with Gasteiger partial charge in [-0.25, -0.2) is 0 Å². The molecule has 5 nitrogen and oxygen atoms in total. The van der Waals surface area contributed by atoms with Crippen LogP contribution in [0.1, 0.15) is 23.7 Å². The van der Waals surface area contributed by atoms with Crippen molar-refractivity contribution in [1.29, 1.82) is 0 Å². The molecule has 3 aliphatic rings. The summed E-state index contributed by atoms with van der Waals surface area (Å²) in [5, 5.41) is 0. The van der Waals surface area contributed by atoms with Crippen molar-refractivity contribution in [2.45, 2.75) is 24.2 Å². The van der Waals surface area contributed by atoms with Crippen molar-refractivity contribution in [2.75, 3.05) is 32.2 Å².